The Morgan fingerprint density at radius 2 is 1.41 bits per heavy atom. The van der Waals surface area contributed by atoms with Crippen LogP contribution in [0, 0.1) is 0 Å². The van der Waals surface area contributed by atoms with Crippen molar-refractivity contribution >= 4 is 24.0 Å². The zero-order valence-corrected chi connectivity index (χ0v) is 18.2. The summed E-state index contributed by atoms with van der Waals surface area (Å²) in [5.74, 6) is -0.697. The van der Waals surface area contributed by atoms with Gasteiger partial charge in [0.15, 0.2) is 11.6 Å². The molecule has 0 aliphatic heterocycles. The van der Waals surface area contributed by atoms with Crippen LogP contribution in [0.5, 0.6) is 11.5 Å². The van der Waals surface area contributed by atoms with Crippen molar-refractivity contribution in [1.82, 2.24) is 4.90 Å². The van der Waals surface area contributed by atoms with Crippen molar-refractivity contribution in [2.75, 3.05) is 26.3 Å². The van der Waals surface area contributed by atoms with E-state index in [4.69, 9.17) is 4.74 Å². The van der Waals surface area contributed by atoms with Gasteiger partial charge in [0.25, 0.3) is 0 Å². The molecule has 32 heavy (non-hydrogen) atoms. The van der Waals surface area contributed by atoms with Gasteiger partial charge in [-0.15, -0.1) is 12.4 Å². The van der Waals surface area contributed by atoms with Crippen molar-refractivity contribution in [3.05, 3.63) is 94.5 Å². The minimum Gasteiger partial charge on any atom is -0.507 e. The van der Waals surface area contributed by atoms with Gasteiger partial charge >= 0.3 is 0 Å². The fourth-order valence-corrected chi connectivity index (χ4v) is 3.83. The molecule has 6 nitrogen and oxygen atoms in total. The van der Waals surface area contributed by atoms with E-state index < -0.39 is 0 Å². The summed E-state index contributed by atoms with van der Waals surface area (Å²) in [7, 11) is 0. The molecule has 1 aliphatic carbocycles. The van der Waals surface area contributed by atoms with E-state index in [1.165, 1.54) is 12.1 Å². The molecule has 0 saturated heterocycles. The van der Waals surface area contributed by atoms with E-state index >= 15 is 0 Å². The van der Waals surface area contributed by atoms with Crippen molar-refractivity contribution < 1.29 is 24.5 Å². The second-order valence-corrected chi connectivity index (χ2v) is 7.37. The Morgan fingerprint density at radius 1 is 0.781 bits per heavy atom. The highest BCUT2D eigenvalue weighted by atomic mass is 35.5. The number of aliphatic hydroxyl groups is 1. The highest BCUT2D eigenvalue weighted by Gasteiger charge is 2.34. The number of ketones is 2. The van der Waals surface area contributed by atoms with Crippen LogP contribution in [-0.2, 0) is 6.54 Å². The lowest BCUT2D eigenvalue weighted by Crippen LogP contribution is -2.31. The van der Waals surface area contributed by atoms with Crippen LogP contribution in [0.25, 0.3) is 0 Å². The van der Waals surface area contributed by atoms with Crippen LogP contribution in [0.3, 0.4) is 0 Å². The molecule has 1 aliphatic rings. The summed E-state index contributed by atoms with van der Waals surface area (Å²) in [4.78, 5) is 28.0. The molecule has 7 heteroatoms. The molecular weight excluding hydrogens is 430 g/mol. The van der Waals surface area contributed by atoms with Crippen LogP contribution in [0.15, 0.2) is 66.7 Å². The summed E-state index contributed by atoms with van der Waals surface area (Å²) < 4.78 is 5.90. The third-order valence-corrected chi connectivity index (χ3v) is 5.35. The summed E-state index contributed by atoms with van der Waals surface area (Å²) >= 11 is 0. The largest absolute Gasteiger partial charge is 0.507 e. The second kappa shape index (κ2) is 10.4. The van der Waals surface area contributed by atoms with Gasteiger partial charge in [-0.05, 0) is 17.7 Å². The number of benzene rings is 3. The summed E-state index contributed by atoms with van der Waals surface area (Å²) in [6.45, 7) is 1.93. The molecule has 4 rings (SSSR count). The third-order valence-electron chi connectivity index (χ3n) is 5.35. The van der Waals surface area contributed by atoms with Crippen molar-refractivity contribution in [2.24, 2.45) is 0 Å². The minimum absolute atomic E-state index is 0. The van der Waals surface area contributed by atoms with Crippen LogP contribution >= 0.6 is 12.4 Å². The number of fused-ring (bicyclic) bond motifs is 2. The first-order valence-electron chi connectivity index (χ1n) is 10.1. The highest BCUT2D eigenvalue weighted by Crippen LogP contribution is 2.38. The van der Waals surface area contributed by atoms with E-state index in [1.807, 2.05) is 35.2 Å². The first-order chi connectivity index (χ1) is 15.1. The number of halogens is 1. The lowest BCUT2D eigenvalue weighted by Gasteiger charge is -2.23. The molecule has 0 fully saturated rings. The van der Waals surface area contributed by atoms with E-state index in [-0.39, 0.29) is 65.4 Å². The number of ether oxygens (including phenoxy) is 1. The standard InChI is InChI=1S/C25H23NO5.ClH/c27-14-12-26(16-17-6-2-1-3-7-17)13-15-31-21-11-10-20(28)22-23(21)25(30)19-9-5-4-8-18(19)24(22)29;/h1-11,27-28H,12-16H2;1H. The number of hydrogen-bond acceptors (Lipinski definition) is 6. The van der Waals surface area contributed by atoms with Gasteiger partial charge in [-0.1, -0.05) is 54.6 Å². The second-order valence-electron chi connectivity index (χ2n) is 7.37. The normalized spacial score (nSPS) is 12.2. The summed E-state index contributed by atoms with van der Waals surface area (Å²) in [6.07, 6.45) is 0. The highest BCUT2D eigenvalue weighted by molar-refractivity contribution is 6.30. The molecule has 2 N–H and O–H groups in total. The number of aliphatic hydroxyl groups excluding tert-OH is 1. The van der Waals surface area contributed by atoms with Gasteiger partial charge in [0.2, 0.25) is 0 Å². The van der Waals surface area contributed by atoms with Crippen LogP contribution in [0.4, 0.5) is 0 Å². The van der Waals surface area contributed by atoms with Gasteiger partial charge in [0.1, 0.15) is 18.1 Å². The number of phenolic OH excluding ortho intramolecular Hbond substituents is 1. The molecule has 3 aromatic carbocycles. The molecule has 0 heterocycles. The van der Waals surface area contributed by atoms with Crippen LogP contribution < -0.4 is 4.74 Å². The molecule has 0 spiro atoms. The number of carbonyl (C=O) groups excluding carboxylic acids is 2. The Morgan fingerprint density at radius 3 is 2.06 bits per heavy atom. The average Bonchev–Trinajstić information content (AvgIpc) is 2.79. The Kier molecular flexibility index (Phi) is 7.64. The molecule has 0 bridgehead atoms. The molecule has 0 aromatic heterocycles. The predicted molar refractivity (Wildman–Crippen MR) is 123 cm³/mol. The number of rotatable bonds is 8. The predicted octanol–water partition coefficient (Wildman–Crippen LogP) is 3.46. The molecule has 166 valence electrons. The van der Waals surface area contributed by atoms with Crippen LogP contribution in [-0.4, -0.2) is 53.0 Å². The van der Waals surface area contributed by atoms with Gasteiger partial charge < -0.3 is 14.9 Å². The van der Waals surface area contributed by atoms with E-state index in [1.54, 1.807) is 24.3 Å². The van der Waals surface area contributed by atoms with Gasteiger partial charge in [-0.2, -0.15) is 0 Å². The van der Waals surface area contributed by atoms with Crippen LogP contribution in [0.2, 0.25) is 0 Å². The van der Waals surface area contributed by atoms with Crippen molar-refractivity contribution in [2.45, 2.75) is 6.54 Å². The molecule has 0 saturated carbocycles. The average molecular weight is 454 g/mol. The monoisotopic (exact) mass is 453 g/mol. The van der Waals surface area contributed by atoms with Crippen molar-refractivity contribution in [1.29, 1.82) is 0 Å². The van der Waals surface area contributed by atoms with E-state index in [0.29, 0.717) is 25.2 Å². The van der Waals surface area contributed by atoms with Crippen molar-refractivity contribution in [3.63, 3.8) is 0 Å². The molecule has 0 atom stereocenters. The van der Waals surface area contributed by atoms with E-state index in [0.717, 1.165) is 5.56 Å². The fraction of sp³-hybridized carbons (Fsp3) is 0.200. The molecular formula is C25H24ClNO5. The zero-order chi connectivity index (χ0) is 21.8. The van der Waals surface area contributed by atoms with E-state index in [9.17, 15) is 19.8 Å². The quantitative estimate of drug-likeness (QED) is 0.425. The first-order valence-corrected chi connectivity index (χ1v) is 10.1. The van der Waals surface area contributed by atoms with Gasteiger partial charge in [0.05, 0.1) is 17.7 Å². The van der Waals surface area contributed by atoms with E-state index in [2.05, 4.69) is 0 Å². The van der Waals surface area contributed by atoms with Crippen LogP contribution in [0.1, 0.15) is 37.4 Å². The Balaban J connectivity index is 0.00000289. The number of nitrogens with zero attached hydrogens (tertiary/aromatic N) is 1. The van der Waals surface area contributed by atoms with Gasteiger partial charge in [-0.25, -0.2) is 0 Å². The zero-order valence-electron chi connectivity index (χ0n) is 17.4. The van der Waals surface area contributed by atoms with Crippen molar-refractivity contribution in [3.8, 4) is 11.5 Å². The van der Waals surface area contributed by atoms with Gasteiger partial charge in [-0.3, -0.25) is 14.5 Å². The summed E-state index contributed by atoms with van der Waals surface area (Å²) in [5, 5.41) is 19.7. The fourth-order valence-electron chi connectivity index (χ4n) is 3.83. The lowest BCUT2D eigenvalue weighted by atomic mass is 9.83. The number of phenols is 1. The third kappa shape index (κ3) is 4.67. The maximum Gasteiger partial charge on any atom is 0.198 e. The number of hydrogen-bond donors (Lipinski definition) is 2. The smallest absolute Gasteiger partial charge is 0.198 e. The molecule has 3 aromatic rings. The lowest BCUT2D eigenvalue weighted by molar-refractivity contribution is 0.0972. The molecule has 0 unspecified atom stereocenters. The Hall–Kier alpha value is -3.19. The summed E-state index contributed by atoms with van der Waals surface area (Å²) in [5.41, 5.74) is 1.79. The first kappa shape index (κ1) is 23.5. The maximum atomic E-state index is 13.1. The minimum atomic E-state index is -0.390. The molecule has 0 amide bonds. The maximum absolute atomic E-state index is 13.1. The SMILES string of the molecule is Cl.O=C1c2ccccc2C(=O)c2c(OCCN(CCO)Cc3ccccc3)ccc(O)c21. The number of aromatic hydroxyl groups is 1. The van der Waals surface area contributed by atoms with Gasteiger partial charge in [0, 0.05) is 30.8 Å². The topological polar surface area (TPSA) is 87.1 Å². The molecule has 0 radical (unpaired) electrons. The Labute approximate surface area is 192 Å². The number of carbonyl (C=O) groups is 2. The summed E-state index contributed by atoms with van der Waals surface area (Å²) in [6, 6.07) is 19.4. The Bertz CT molecular complexity index is 1120.